The van der Waals surface area contributed by atoms with Crippen molar-refractivity contribution in [3.8, 4) is 0 Å². The van der Waals surface area contributed by atoms with E-state index in [1.165, 1.54) is 25.7 Å². The maximum Gasteiger partial charge on any atom is 0.0292 e. The topological polar surface area (TPSA) is 12.0 Å². The van der Waals surface area contributed by atoms with Crippen LogP contribution in [0.15, 0.2) is 0 Å². The summed E-state index contributed by atoms with van der Waals surface area (Å²) in [4.78, 5) is 0. The maximum absolute atomic E-state index is 6.04. The van der Waals surface area contributed by atoms with E-state index in [-0.39, 0.29) is 0 Å². The molecule has 0 amide bonds. The number of hydrogen-bond acceptors (Lipinski definition) is 1. The second-order valence-corrected chi connectivity index (χ2v) is 5.13. The van der Waals surface area contributed by atoms with Crippen LogP contribution in [0.1, 0.15) is 39.5 Å². The summed E-state index contributed by atoms with van der Waals surface area (Å²) in [6.07, 6.45) is 5.38. The fourth-order valence-electron chi connectivity index (χ4n) is 2.11. The molecule has 0 aromatic rings. The Morgan fingerprint density at radius 1 is 1.31 bits per heavy atom. The fraction of sp³-hybridized carbons (Fsp3) is 1.00. The minimum Gasteiger partial charge on any atom is -0.316 e. The first-order chi connectivity index (χ1) is 6.18. The van der Waals surface area contributed by atoms with Crippen LogP contribution >= 0.6 is 11.6 Å². The Labute approximate surface area is 87.2 Å². The first-order valence-corrected chi connectivity index (χ1v) is 5.99. The number of alkyl halides is 1. The lowest BCUT2D eigenvalue weighted by Gasteiger charge is -2.27. The largest absolute Gasteiger partial charge is 0.316 e. The van der Waals surface area contributed by atoms with Gasteiger partial charge < -0.3 is 5.32 Å². The first-order valence-electron chi connectivity index (χ1n) is 5.45. The molecule has 0 radical (unpaired) electrons. The molecule has 0 unspecified atom stereocenters. The monoisotopic (exact) mass is 203 g/mol. The van der Waals surface area contributed by atoms with Gasteiger partial charge in [0.25, 0.3) is 0 Å². The van der Waals surface area contributed by atoms with Gasteiger partial charge in [-0.05, 0) is 30.7 Å². The highest BCUT2D eigenvalue weighted by atomic mass is 35.5. The summed E-state index contributed by atoms with van der Waals surface area (Å²) in [6, 6.07) is 0. The molecule has 1 N–H and O–H groups in total. The summed E-state index contributed by atoms with van der Waals surface area (Å²) in [6.45, 7) is 6.73. The molecule has 78 valence electrons. The predicted molar refractivity (Wildman–Crippen MR) is 59.3 cm³/mol. The van der Waals surface area contributed by atoms with E-state index in [0.29, 0.717) is 5.41 Å². The van der Waals surface area contributed by atoms with Gasteiger partial charge in [-0.15, -0.1) is 11.6 Å². The quantitative estimate of drug-likeness (QED) is 0.678. The van der Waals surface area contributed by atoms with Gasteiger partial charge in [0.2, 0.25) is 0 Å². The molecule has 0 aromatic heterocycles. The van der Waals surface area contributed by atoms with E-state index in [4.69, 9.17) is 11.6 Å². The van der Waals surface area contributed by atoms with Gasteiger partial charge in [-0.3, -0.25) is 0 Å². The molecular formula is C11H22ClN. The van der Waals surface area contributed by atoms with Crippen molar-refractivity contribution in [3.05, 3.63) is 0 Å². The molecule has 0 bridgehead atoms. The first kappa shape index (κ1) is 11.3. The molecule has 1 fully saturated rings. The van der Waals surface area contributed by atoms with E-state index in [0.717, 1.165) is 24.9 Å². The third-order valence-corrected chi connectivity index (χ3v) is 3.57. The summed E-state index contributed by atoms with van der Waals surface area (Å²) in [7, 11) is 0. The Morgan fingerprint density at radius 2 is 1.92 bits per heavy atom. The van der Waals surface area contributed by atoms with E-state index in [2.05, 4.69) is 19.2 Å². The zero-order valence-corrected chi connectivity index (χ0v) is 9.66. The highest BCUT2D eigenvalue weighted by Gasteiger charge is 2.32. The van der Waals surface area contributed by atoms with Gasteiger partial charge in [0.15, 0.2) is 0 Å². The Bertz CT molecular complexity index is 139. The van der Waals surface area contributed by atoms with Gasteiger partial charge in [-0.1, -0.05) is 26.7 Å². The predicted octanol–water partition coefficient (Wildman–Crippen LogP) is 3.03. The maximum atomic E-state index is 6.04. The van der Waals surface area contributed by atoms with Crippen LogP contribution in [-0.4, -0.2) is 19.0 Å². The molecule has 0 atom stereocenters. The normalized spacial score (nSPS) is 21.2. The lowest BCUT2D eigenvalue weighted by molar-refractivity contribution is 0.314. The third-order valence-electron chi connectivity index (χ3n) is 3.00. The zero-order valence-electron chi connectivity index (χ0n) is 8.91. The van der Waals surface area contributed by atoms with Crippen LogP contribution in [0.25, 0.3) is 0 Å². The van der Waals surface area contributed by atoms with Crippen molar-refractivity contribution in [2.75, 3.05) is 19.0 Å². The number of halogens is 1. The van der Waals surface area contributed by atoms with Crippen molar-refractivity contribution in [1.29, 1.82) is 0 Å². The molecule has 0 spiro atoms. The van der Waals surface area contributed by atoms with Crippen LogP contribution in [0.2, 0.25) is 0 Å². The third kappa shape index (κ3) is 3.47. The smallest absolute Gasteiger partial charge is 0.0292 e. The summed E-state index contributed by atoms with van der Waals surface area (Å²) < 4.78 is 0. The van der Waals surface area contributed by atoms with Crippen LogP contribution < -0.4 is 5.32 Å². The van der Waals surface area contributed by atoms with Crippen molar-refractivity contribution >= 4 is 11.6 Å². The van der Waals surface area contributed by atoms with Gasteiger partial charge >= 0.3 is 0 Å². The molecule has 1 rings (SSSR count). The molecule has 1 aliphatic rings. The van der Waals surface area contributed by atoms with E-state index < -0.39 is 0 Å². The highest BCUT2D eigenvalue weighted by molar-refractivity contribution is 6.18. The second-order valence-electron chi connectivity index (χ2n) is 4.87. The Kier molecular flexibility index (Phi) is 4.54. The molecule has 0 aliphatic heterocycles. The van der Waals surface area contributed by atoms with Crippen molar-refractivity contribution < 1.29 is 0 Å². The number of hydrogen-bond donors (Lipinski definition) is 1. The summed E-state index contributed by atoms with van der Waals surface area (Å²) in [5, 5.41) is 3.53. The summed E-state index contributed by atoms with van der Waals surface area (Å²) in [5.41, 5.74) is 0.427. The molecule has 0 aromatic carbocycles. The molecule has 13 heavy (non-hydrogen) atoms. The van der Waals surface area contributed by atoms with Gasteiger partial charge in [0.05, 0.1) is 0 Å². The average molecular weight is 204 g/mol. The SMILES string of the molecule is CC(C)CNCC1(CCl)CCCC1. The molecule has 0 heterocycles. The van der Waals surface area contributed by atoms with Crippen LogP contribution in [0.4, 0.5) is 0 Å². The molecule has 1 nitrogen and oxygen atoms in total. The van der Waals surface area contributed by atoms with Gasteiger partial charge in [-0.25, -0.2) is 0 Å². The summed E-state index contributed by atoms with van der Waals surface area (Å²) in [5.74, 6) is 1.58. The second kappa shape index (κ2) is 5.21. The van der Waals surface area contributed by atoms with Crippen LogP contribution in [0, 0.1) is 11.3 Å². The standard InChI is InChI=1S/C11H22ClN/c1-10(2)7-13-9-11(8-12)5-3-4-6-11/h10,13H,3-9H2,1-2H3. The van der Waals surface area contributed by atoms with E-state index in [1.807, 2.05) is 0 Å². The lowest BCUT2D eigenvalue weighted by atomic mass is 9.88. The van der Waals surface area contributed by atoms with Crippen molar-refractivity contribution in [2.24, 2.45) is 11.3 Å². The van der Waals surface area contributed by atoms with Crippen molar-refractivity contribution in [3.63, 3.8) is 0 Å². The molecule has 1 saturated carbocycles. The molecule has 2 heteroatoms. The van der Waals surface area contributed by atoms with Gasteiger partial charge in [0.1, 0.15) is 0 Å². The van der Waals surface area contributed by atoms with E-state index >= 15 is 0 Å². The minimum absolute atomic E-state index is 0.427. The molecule has 1 aliphatic carbocycles. The number of nitrogens with one attached hydrogen (secondary N) is 1. The van der Waals surface area contributed by atoms with Gasteiger partial charge in [-0.2, -0.15) is 0 Å². The molecular weight excluding hydrogens is 182 g/mol. The Morgan fingerprint density at radius 3 is 2.38 bits per heavy atom. The average Bonchev–Trinajstić information content (AvgIpc) is 2.53. The highest BCUT2D eigenvalue weighted by Crippen LogP contribution is 2.38. The van der Waals surface area contributed by atoms with Crippen LogP contribution in [-0.2, 0) is 0 Å². The van der Waals surface area contributed by atoms with Crippen molar-refractivity contribution in [2.45, 2.75) is 39.5 Å². The number of rotatable bonds is 5. The Balaban J connectivity index is 2.23. The van der Waals surface area contributed by atoms with Gasteiger partial charge in [0, 0.05) is 12.4 Å². The van der Waals surface area contributed by atoms with Crippen LogP contribution in [0.5, 0.6) is 0 Å². The minimum atomic E-state index is 0.427. The van der Waals surface area contributed by atoms with E-state index in [1.54, 1.807) is 0 Å². The molecule has 0 saturated heterocycles. The fourth-order valence-corrected chi connectivity index (χ4v) is 2.47. The Hall–Kier alpha value is 0.250. The zero-order chi connectivity index (χ0) is 9.73. The summed E-state index contributed by atoms with van der Waals surface area (Å²) >= 11 is 6.04. The lowest BCUT2D eigenvalue weighted by Crippen LogP contribution is -2.35. The van der Waals surface area contributed by atoms with Crippen LogP contribution in [0.3, 0.4) is 0 Å². The van der Waals surface area contributed by atoms with Crippen molar-refractivity contribution in [1.82, 2.24) is 5.32 Å². The van der Waals surface area contributed by atoms with E-state index in [9.17, 15) is 0 Å².